The van der Waals surface area contributed by atoms with E-state index in [2.05, 4.69) is 0 Å². The van der Waals surface area contributed by atoms with Gasteiger partial charge in [-0.2, -0.15) is 0 Å². The normalized spacial score (nSPS) is 15.1. The molecular formula is C26H28FNO7. The molecule has 1 amide bonds. The van der Waals surface area contributed by atoms with Crippen molar-refractivity contribution in [3.8, 4) is 17.2 Å². The third kappa shape index (κ3) is 4.43. The molecule has 0 saturated heterocycles. The summed E-state index contributed by atoms with van der Waals surface area (Å²) in [6.45, 7) is 4.61. The van der Waals surface area contributed by atoms with Gasteiger partial charge in [-0.15, -0.1) is 0 Å². The zero-order chi connectivity index (χ0) is 25.3. The molecule has 1 aliphatic heterocycles. The molecular weight excluding hydrogens is 457 g/mol. The summed E-state index contributed by atoms with van der Waals surface area (Å²) in [5.74, 6) is 0.0854. The van der Waals surface area contributed by atoms with Crippen LogP contribution in [0.3, 0.4) is 0 Å². The van der Waals surface area contributed by atoms with Gasteiger partial charge in [0.25, 0.3) is 5.91 Å². The first kappa shape index (κ1) is 24.5. The van der Waals surface area contributed by atoms with E-state index in [4.69, 9.17) is 23.4 Å². The first-order valence-electron chi connectivity index (χ1n) is 11.3. The van der Waals surface area contributed by atoms with Crippen LogP contribution in [0.5, 0.6) is 17.2 Å². The van der Waals surface area contributed by atoms with Crippen molar-refractivity contribution >= 4 is 16.9 Å². The van der Waals surface area contributed by atoms with Crippen molar-refractivity contribution in [2.24, 2.45) is 0 Å². The number of carbonyl (C=O) groups excluding carboxylic acids is 1. The second-order valence-corrected chi connectivity index (χ2v) is 8.45. The molecule has 0 unspecified atom stereocenters. The average molecular weight is 486 g/mol. The Morgan fingerprint density at radius 1 is 1.03 bits per heavy atom. The topological polar surface area (TPSA) is 87.4 Å². The number of benzene rings is 2. The van der Waals surface area contributed by atoms with Crippen LogP contribution in [0.1, 0.15) is 48.0 Å². The average Bonchev–Trinajstić information content (AvgIpc) is 3.12. The van der Waals surface area contributed by atoms with E-state index in [1.54, 1.807) is 17.0 Å². The monoisotopic (exact) mass is 485 g/mol. The number of nitrogens with zero attached hydrogens (tertiary/aromatic N) is 1. The van der Waals surface area contributed by atoms with Gasteiger partial charge >= 0.3 is 0 Å². The Bertz CT molecular complexity index is 1290. The molecule has 2 heterocycles. The lowest BCUT2D eigenvalue weighted by atomic mass is 9.97. The largest absolute Gasteiger partial charge is 0.493 e. The van der Waals surface area contributed by atoms with Gasteiger partial charge in [-0.1, -0.05) is 0 Å². The van der Waals surface area contributed by atoms with Crippen molar-refractivity contribution in [1.82, 2.24) is 4.90 Å². The number of fused-ring (bicyclic) bond motifs is 2. The highest BCUT2D eigenvalue weighted by Crippen LogP contribution is 2.45. The molecule has 0 radical (unpaired) electrons. The Hall–Kier alpha value is -3.59. The fourth-order valence-electron chi connectivity index (χ4n) is 4.38. The highest BCUT2D eigenvalue weighted by Gasteiger charge is 2.43. The lowest BCUT2D eigenvalue weighted by Crippen LogP contribution is -2.31. The van der Waals surface area contributed by atoms with E-state index in [1.807, 2.05) is 13.8 Å². The van der Waals surface area contributed by atoms with Crippen LogP contribution in [-0.2, 0) is 4.74 Å². The summed E-state index contributed by atoms with van der Waals surface area (Å²) in [6.07, 6.45) is 0.595. The lowest BCUT2D eigenvalue weighted by molar-refractivity contribution is 0.0593. The van der Waals surface area contributed by atoms with Crippen molar-refractivity contribution in [3.05, 3.63) is 63.3 Å². The molecule has 0 saturated carbocycles. The van der Waals surface area contributed by atoms with Crippen molar-refractivity contribution in [3.63, 3.8) is 0 Å². The van der Waals surface area contributed by atoms with Crippen molar-refractivity contribution in [2.45, 2.75) is 32.4 Å². The van der Waals surface area contributed by atoms with Gasteiger partial charge in [0.2, 0.25) is 11.5 Å². The predicted octanol–water partition coefficient (Wildman–Crippen LogP) is 4.32. The molecule has 4 rings (SSSR count). The molecule has 0 aliphatic carbocycles. The van der Waals surface area contributed by atoms with Crippen molar-refractivity contribution in [2.75, 3.05) is 34.5 Å². The van der Waals surface area contributed by atoms with Gasteiger partial charge in [0.15, 0.2) is 16.9 Å². The first-order chi connectivity index (χ1) is 16.8. The number of ether oxygens (including phenoxy) is 4. The third-order valence-electron chi connectivity index (χ3n) is 5.93. The van der Waals surface area contributed by atoms with E-state index in [0.717, 1.165) is 6.07 Å². The Morgan fingerprint density at radius 2 is 1.71 bits per heavy atom. The van der Waals surface area contributed by atoms with Crippen LogP contribution in [0.2, 0.25) is 0 Å². The maximum atomic E-state index is 14.0. The summed E-state index contributed by atoms with van der Waals surface area (Å²) in [5, 5.41) is 0.0685. The van der Waals surface area contributed by atoms with Gasteiger partial charge < -0.3 is 28.3 Å². The van der Waals surface area contributed by atoms with E-state index in [0.29, 0.717) is 42.4 Å². The molecule has 2 aromatic carbocycles. The Balaban J connectivity index is 1.90. The molecule has 1 aliphatic rings. The van der Waals surface area contributed by atoms with Crippen LogP contribution in [0.4, 0.5) is 4.39 Å². The number of hydrogen-bond donors (Lipinski definition) is 0. The molecule has 0 N–H and O–H groups in total. The number of rotatable bonds is 9. The fraction of sp³-hybridized carbons (Fsp3) is 0.385. The van der Waals surface area contributed by atoms with Crippen LogP contribution >= 0.6 is 0 Å². The third-order valence-corrected chi connectivity index (χ3v) is 5.93. The standard InChI is InChI=1S/C26H28FNO7/c1-14(2)34-10-6-9-28-22(15-11-19(31-3)24(33-5)20(12-15)32-4)21-23(29)17-13-16(27)7-8-18(17)35-25(21)26(28)30/h7-8,11-14,22H,6,9-10H2,1-5H3/t22-/m1/s1. The smallest absolute Gasteiger partial charge is 0.290 e. The number of halogens is 1. The van der Waals surface area contributed by atoms with Gasteiger partial charge in [0.05, 0.1) is 44.4 Å². The molecule has 3 aromatic rings. The van der Waals surface area contributed by atoms with E-state index >= 15 is 0 Å². The Kier molecular flexibility index (Phi) is 6.98. The summed E-state index contributed by atoms with van der Waals surface area (Å²) in [7, 11) is 4.46. The highest BCUT2D eigenvalue weighted by molar-refractivity contribution is 5.99. The molecule has 9 heteroatoms. The molecule has 1 atom stereocenters. The van der Waals surface area contributed by atoms with E-state index in [-0.39, 0.29) is 28.4 Å². The molecule has 0 bridgehead atoms. The lowest BCUT2D eigenvalue weighted by Gasteiger charge is -2.26. The van der Waals surface area contributed by atoms with E-state index < -0.39 is 23.2 Å². The molecule has 0 spiro atoms. The Labute approximate surface area is 202 Å². The summed E-state index contributed by atoms with van der Waals surface area (Å²) >= 11 is 0. The molecule has 186 valence electrons. The minimum absolute atomic E-state index is 0.0517. The number of methoxy groups -OCH3 is 3. The second-order valence-electron chi connectivity index (χ2n) is 8.45. The fourth-order valence-corrected chi connectivity index (χ4v) is 4.38. The summed E-state index contributed by atoms with van der Waals surface area (Å²) in [4.78, 5) is 28.6. The van der Waals surface area contributed by atoms with E-state index in [1.165, 1.54) is 33.5 Å². The zero-order valence-corrected chi connectivity index (χ0v) is 20.3. The summed E-state index contributed by atoms with van der Waals surface area (Å²) < 4.78 is 41.9. The maximum Gasteiger partial charge on any atom is 0.290 e. The maximum absolute atomic E-state index is 14.0. The molecule has 35 heavy (non-hydrogen) atoms. The minimum atomic E-state index is -0.797. The molecule has 0 fully saturated rings. The number of hydrogen-bond acceptors (Lipinski definition) is 7. The van der Waals surface area contributed by atoms with Crippen molar-refractivity contribution < 1.29 is 32.5 Å². The first-order valence-corrected chi connectivity index (χ1v) is 11.3. The van der Waals surface area contributed by atoms with Crippen molar-refractivity contribution in [1.29, 1.82) is 0 Å². The second kappa shape index (κ2) is 9.95. The van der Waals surface area contributed by atoms with Crippen LogP contribution in [-0.4, -0.2) is 51.4 Å². The minimum Gasteiger partial charge on any atom is -0.493 e. The van der Waals surface area contributed by atoms with Gasteiger partial charge in [0, 0.05) is 13.2 Å². The zero-order valence-electron chi connectivity index (χ0n) is 20.3. The van der Waals surface area contributed by atoms with Crippen LogP contribution in [0, 0.1) is 5.82 Å². The highest BCUT2D eigenvalue weighted by atomic mass is 19.1. The summed E-state index contributed by atoms with van der Waals surface area (Å²) in [6, 6.07) is 6.26. The molecule has 8 nitrogen and oxygen atoms in total. The van der Waals surface area contributed by atoms with Gasteiger partial charge in [-0.05, 0) is 56.2 Å². The van der Waals surface area contributed by atoms with E-state index in [9.17, 15) is 14.0 Å². The summed E-state index contributed by atoms with van der Waals surface area (Å²) in [5.41, 5.74) is 0.400. The van der Waals surface area contributed by atoms with Crippen LogP contribution < -0.4 is 19.6 Å². The van der Waals surface area contributed by atoms with Gasteiger partial charge in [-0.3, -0.25) is 9.59 Å². The van der Waals surface area contributed by atoms with Gasteiger partial charge in [-0.25, -0.2) is 4.39 Å². The SMILES string of the molecule is COc1cc([C@@H]2c3c(oc4ccc(F)cc4c3=O)C(=O)N2CCCOC(C)C)cc(OC)c1OC. The Morgan fingerprint density at radius 3 is 2.31 bits per heavy atom. The van der Waals surface area contributed by atoms with Crippen LogP contribution in [0.25, 0.3) is 11.0 Å². The predicted molar refractivity (Wildman–Crippen MR) is 127 cm³/mol. The number of amides is 1. The molecule has 1 aromatic heterocycles. The number of carbonyl (C=O) groups is 1. The van der Waals surface area contributed by atoms with Gasteiger partial charge in [0.1, 0.15) is 11.4 Å². The van der Waals surface area contributed by atoms with Crippen LogP contribution in [0.15, 0.2) is 39.5 Å². The quantitative estimate of drug-likeness (QED) is 0.417.